The molecule has 0 fully saturated rings. The Balaban J connectivity index is 1.98. The van der Waals surface area contributed by atoms with Gasteiger partial charge in [0.25, 0.3) is 0 Å². The summed E-state index contributed by atoms with van der Waals surface area (Å²) in [6.45, 7) is 2.35. The lowest BCUT2D eigenvalue weighted by Gasteiger charge is -2.18. The first kappa shape index (κ1) is 13.6. The molecule has 1 atom stereocenters. The molecule has 3 rings (SSSR count). The molecule has 4 heteroatoms. The minimum absolute atomic E-state index is 0.0842. The second kappa shape index (κ2) is 5.58. The third kappa shape index (κ3) is 2.62. The first-order chi connectivity index (χ1) is 10.2. The van der Waals surface area contributed by atoms with Gasteiger partial charge >= 0.3 is 0 Å². The fourth-order valence-electron chi connectivity index (χ4n) is 2.62. The van der Waals surface area contributed by atoms with Crippen LogP contribution in [0.4, 0.5) is 10.1 Å². The molecule has 0 amide bonds. The molecule has 1 heterocycles. The summed E-state index contributed by atoms with van der Waals surface area (Å²) in [5.74, 6) is 0.594. The van der Waals surface area contributed by atoms with Gasteiger partial charge in [0.2, 0.25) is 0 Å². The summed E-state index contributed by atoms with van der Waals surface area (Å²) in [4.78, 5) is 0. The lowest BCUT2D eigenvalue weighted by molar-refractivity contribution is 0.566. The molecule has 0 spiro atoms. The molecule has 0 aliphatic heterocycles. The zero-order valence-electron chi connectivity index (χ0n) is 11.8. The molecule has 21 heavy (non-hydrogen) atoms. The molecule has 0 bridgehead atoms. The molecule has 0 radical (unpaired) electrons. The van der Waals surface area contributed by atoms with Crippen LogP contribution in [-0.4, -0.2) is 6.54 Å². The van der Waals surface area contributed by atoms with E-state index in [1.54, 1.807) is 12.1 Å². The Hall–Kier alpha value is -2.33. The van der Waals surface area contributed by atoms with Crippen LogP contribution in [0.1, 0.15) is 17.4 Å². The number of furan rings is 1. The average Bonchev–Trinajstić information content (AvgIpc) is 2.83. The van der Waals surface area contributed by atoms with Gasteiger partial charge in [0.1, 0.15) is 17.2 Å². The lowest BCUT2D eigenvalue weighted by Crippen LogP contribution is -2.21. The van der Waals surface area contributed by atoms with E-state index in [1.165, 1.54) is 12.1 Å². The monoisotopic (exact) mass is 284 g/mol. The van der Waals surface area contributed by atoms with Crippen LogP contribution in [0, 0.1) is 12.7 Å². The van der Waals surface area contributed by atoms with E-state index in [1.807, 2.05) is 31.2 Å². The van der Waals surface area contributed by atoms with Crippen molar-refractivity contribution in [3.8, 4) is 0 Å². The maximum atomic E-state index is 13.0. The Kier molecular flexibility index (Phi) is 3.62. The van der Waals surface area contributed by atoms with Crippen LogP contribution in [0.5, 0.6) is 0 Å². The van der Waals surface area contributed by atoms with Crippen molar-refractivity contribution in [3.05, 3.63) is 65.7 Å². The van der Waals surface area contributed by atoms with Crippen molar-refractivity contribution < 1.29 is 8.81 Å². The Labute approximate surface area is 122 Å². The SMILES string of the molecule is Cc1oc2ccccc2c1C(CN)Nc1ccc(F)cc1. The highest BCUT2D eigenvalue weighted by Crippen LogP contribution is 2.31. The minimum atomic E-state index is -0.255. The molecular formula is C17H17FN2O. The van der Waals surface area contributed by atoms with Gasteiger partial charge in [-0.3, -0.25) is 0 Å². The van der Waals surface area contributed by atoms with Gasteiger partial charge in [-0.25, -0.2) is 4.39 Å². The maximum absolute atomic E-state index is 13.0. The third-order valence-corrected chi connectivity index (χ3v) is 3.59. The van der Waals surface area contributed by atoms with Crippen molar-refractivity contribution >= 4 is 16.7 Å². The number of aryl methyl sites for hydroxylation is 1. The van der Waals surface area contributed by atoms with Crippen molar-refractivity contribution in [1.82, 2.24) is 0 Å². The fraction of sp³-hybridized carbons (Fsp3) is 0.176. The van der Waals surface area contributed by atoms with Gasteiger partial charge in [-0.05, 0) is 37.3 Å². The highest BCUT2D eigenvalue weighted by atomic mass is 19.1. The second-order valence-electron chi connectivity index (χ2n) is 5.01. The van der Waals surface area contributed by atoms with Crippen molar-refractivity contribution in [3.63, 3.8) is 0 Å². The molecule has 3 aromatic rings. The van der Waals surface area contributed by atoms with Crippen molar-refractivity contribution in [2.45, 2.75) is 13.0 Å². The number of hydrogen-bond acceptors (Lipinski definition) is 3. The number of hydrogen-bond donors (Lipinski definition) is 2. The average molecular weight is 284 g/mol. The van der Waals surface area contributed by atoms with Crippen LogP contribution in [0.25, 0.3) is 11.0 Å². The summed E-state index contributed by atoms with van der Waals surface area (Å²) in [6.07, 6.45) is 0. The normalized spacial score (nSPS) is 12.5. The maximum Gasteiger partial charge on any atom is 0.134 e. The van der Waals surface area contributed by atoms with Crippen LogP contribution in [0.2, 0.25) is 0 Å². The molecule has 1 aromatic heterocycles. The van der Waals surface area contributed by atoms with Crippen LogP contribution in [0.15, 0.2) is 52.9 Å². The molecule has 3 N–H and O–H groups in total. The van der Waals surface area contributed by atoms with Gasteiger partial charge in [0.05, 0.1) is 6.04 Å². The largest absolute Gasteiger partial charge is 0.461 e. The number of nitrogens with two attached hydrogens (primary N) is 1. The summed E-state index contributed by atoms with van der Waals surface area (Å²) in [7, 11) is 0. The number of para-hydroxylation sites is 1. The van der Waals surface area contributed by atoms with E-state index in [0.29, 0.717) is 6.54 Å². The summed E-state index contributed by atoms with van der Waals surface area (Å²) in [5.41, 5.74) is 8.66. The molecule has 108 valence electrons. The predicted molar refractivity (Wildman–Crippen MR) is 82.8 cm³/mol. The number of benzene rings is 2. The van der Waals surface area contributed by atoms with E-state index in [2.05, 4.69) is 5.32 Å². The van der Waals surface area contributed by atoms with Gasteiger partial charge in [0.15, 0.2) is 0 Å². The Morgan fingerprint density at radius 1 is 1.14 bits per heavy atom. The second-order valence-corrected chi connectivity index (χ2v) is 5.01. The van der Waals surface area contributed by atoms with E-state index in [9.17, 15) is 4.39 Å². The van der Waals surface area contributed by atoms with Gasteiger partial charge in [-0.2, -0.15) is 0 Å². The topological polar surface area (TPSA) is 51.2 Å². The van der Waals surface area contributed by atoms with Crippen molar-refractivity contribution in [2.75, 3.05) is 11.9 Å². The van der Waals surface area contributed by atoms with E-state index in [0.717, 1.165) is 28.0 Å². The van der Waals surface area contributed by atoms with Crippen LogP contribution >= 0.6 is 0 Å². The van der Waals surface area contributed by atoms with Crippen molar-refractivity contribution in [1.29, 1.82) is 0 Å². The zero-order valence-corrected chi connectivity index (χ0v) is 11.8. The Morgan fingerprint density at radius 2 is 1.86 bits per heavy atom. The number of rotatable bonds is 4. The fourth-order valence-corrected chi connectivity index (χ4v) is 2.62. The number of anilines is 1. The Morgan fingerprint density at radius 3 is 2.57 bits per heavy atom. The zero-order chi connectivity index (χ0) is 14.8. The predicted octanol–water partition coefficient (Wildman–Crippen LogP) is 3.99. The highest BCUT2D eigenvalue weighted by molar-refractivity contribution is 5.83. The van der Waals surface area contributed by atoms with E-state index in [4.69, 9.17) is 10.2 Å². The van der Waals surface area contributed by atoms with E-state index >= 15 is 0 Å². The first-order valence-electron chi connectivity index (χ1n) is 6.89. The van der Waals surface area contributed by atoms with Crippen LogP contribution < -0.4 is 11.1 Å². The quantitative estimate of drug-likeness (QED) is 0.761. The molecule has 0 aliphatic carbocycles. The van der Waals surface area contributed by atoms with Crippen molar-refractivity contribution in [2.24, 2.45) is 5.73 Å². The first-order valence-corrected chi connectivity index (χ1v) is 6.89. The van der Waals surface area contributed by atoms with Crippen LogP contribution in [0.3, 0.4) is 0 Å². The minimum Gasteiger partial charge on any atom is -0.461 e. The standard InChI is InChI=1S/C17H17FN2O/c1-11-17(14-4-2-3-5-16(14)21-11)15(10-19)20-13-8-6-12(18)7-9-13/h2-9,15,20H,10,19H2,1H3. The molecule has 2 aromatic carbocycles. The van der Waals surface area contributed by atoms with Crippen LogP contribution in [-0.2, 0) is 0 Å². The number of nitrogens with one attached hydrogen (secondary N) is 1. The molecule has 1 unspecified atom stereocenters. The summed E-state index contributed by atoms with van der Waals surface area (Å²) in [6, 6.07) is 14.1. The lowest BCUT2D eigenvalue weighted by atomic mass is 10.0. The summed E-state index contributed by atoms with van der Waals surface area (Å²) >= 11 is 0. The number of fused-ring (bicyclic) bond motifs is 1. The summed E-state index contributed by atoms with van der Waals surface area (Å²) < 4.78 is 18.8. The molecule has 0 saturated carbocycles. The molecular weight excluding hydrogens is 267 g/mol. The highest BCUT2D eigenvalue weighted by Gasteiger charge is 2.19. The third-order valence-electron chi connectivity index (χ3n) is 3.59. The molecule has 3 nitrogen and oxygen atoms in total. The van der Waals surface area contributed by atoms with Gasteiger partial charge in [-0.1, -0.05) is 18.2 Å². The molecule has 0 saturated heterocycles. The summed E-state index contributed by atoms with van der Waals surface area (Å²) in [5, 5.41) is 4.40. The molecule has 0 aliphatic rings. The van der Waals surface area contributed by atoms with Gasteiger partial charge in [0, 0.05) is 23.2 Å². The smallest absolute Gasteiger partial charge is 0.134 e. The number of halogens is 1. The van der Waals surface area contributed by atoms with Gasteiger partial charge < -0.3 is 15.5 Å². The Bertz CT molecular complexity index is 749. The van der Waals surface area contributed by atoms with E-state index in [-0.39, 0.29) is 11.9 Å². The van der Waals surface area contributed by atoms with Gasteiger partial charge in [-0.15, -0.1) is 0 Å². The van der Waals surface area contributed by atoms with E-state index < -0.39 is 0 Å².